The molecule has 1 aromatic carbocycles. The Balaban J connectivity index is 1.84. The van der Waals surface area contributed by atoms with Crippen molar-refractivity contribution in [3.05, 3.63) is 29.8 Å². The molecule has 3 heteroatoms. The van der Waals surface area contributed by atoms with Crippen molar-refractivity contribution >= 4 is 0 Å². The third kappa shape index (κ3) is 4.45. The summed E-state index contributed by atoms with van der Waals surface area (Å²) in [5.41, 5.74) is 1.40. The average Bonchev–Trinajstić information content (AvgIpc) is 2.54. The summed E-state index contributed by atoms with van der Waals surface area (Å²) in [6, 6.07) is 8.94. The van der Waals surface area contributed by atoms with Gasteiger partial charge in [-0.2, -0.15) is 0 Å². The van der Waals surface area contributed by atoms with Crippen LogP contribution in [0.2, 0.25) is 0 Å². The van der Waals surface area contributed by atoms with Gasteiger partial charge in [-0.05, 0) is 50.3 Å². The van der Waals surface area contributed by atoms with Crippen LogP contribution >= 0.6 is 0 Å². The predicted molar refractivity (Wildman–Crippen MR) is 86.7 cm³/mol. The van der Waals surface area contributed by atoms with Crippen molar-refractivity contribution in [3.8, 4) is 5.75 Å². The molecule has 0 aliphatic carbocycles. The Morgan fingerprint density at radius 3 is 2.52 bits per heavy atom. The van der Waals surface area contributed by atoms with E-state index in [1.54, 1.807) is 0 Å². The Morgan fingerprint density at radius 1 is 1.19 bits per heavy atom. The summed E-state index contributed by atoms with van der Waals surface area (Å²) in [7, 11) is 0. The number of hydrogen-bond acceptors (Lipinski definition) is 3. The lowest BCUT2D eigenvalue weighted by Gasteiger charge is -2.40. The first-order valence-electron chi connectivity index (χ1n) is 8.30. The summed E-state index contributed by atoms with van der Waals surface area (Å²) in [4.78, 5) is 0. The fourth-order valence-electron chi connectivity index (χ4n) is 3.08. The number of hydrogen-bond donors (Lipinski definition) is 1. The van der Waals surface area contributed by atoms with E-state index in [0.717, 1.165) is 51.2 Å². The minimum absolute atomic E-state index is 0.0920. The maximum Gasteiger partial charge on any atom is 0.119 e. The van der Waals surface area contributed by atoms with Crippen LogP contribution in [0.15, 0.2) is 24.3 Å². The Kier molecular flexibility index (Phi) is 6.07. The maximum atomic E-state index is 6.03. The molecule has 1 saturated heterocycles. The van der Waals surface area contributed by atoms with E-state index in [-0.39, 0.29) is 5.60 Å². The molecule has 1 aromatic rings. The molecule has 0 spiro atoms. The topological polar surface area (TPSA) is 30.5 Å². The zero-order valence-electron chi connectivity index (χ0n) is 13.7. The first kappa shape index (κ1) is 16.3. The SMILES string of the molecule is CCOc1ccc(CNC2CCOC(CC)(CC)C2)cc1. The largest absolute Gasteiger partial charge is 0.494 e. The zero-order chi connectivity index (χ0) is 15.1. The van der Waals surface area contributed by atoms with Gasteiger partial charge in [0.1, 0.15) is 5.75 Å². The molecule has 2 rings (SSSR count). The summed E-state index contributed by atoms with van der Waals surface area (Å²) in [5, 5.41) is 3.69. The zero-order valence-corrected chi connectivity index (χ0v) is 13.7. The highest BCUT2D eigenvalue weighted by Gasteiger charge is 2.34. The molecule has 1 aliphatic rings. The number of benzene rings is 1. The van der Waals surface area contributed by atoms with Gasteiger partial charge in [0, 0.05) is 19.2 Å². The fourth-order valence-corrected chi connectivity index (χ4v) is 3.08. The second-order valence-corrected chi connectivity index (χ2v) is 5.89. The molecule has 3 nitrogen and oxygen atoms in total. The normalized spacial score (nSPS) is 21.2. The molecule has 21 heavy (non-hydrogen) atoms. The van der Waals surface area contributed by atoms with E-state index in [1.165, 1.54) is 5.56 Å². The molecule has 1 N–H and O–H groups in total. The summed E-state index contributed by atoms with van der Waals surface area (Å²) in [6.07, 6.45) is 4.44. The standard InChI is InChI=1S/C18H29NO2/c1-4-18(5-2)13-16(11-12-21-18)19-14-15-7-9-17(10-8-15)20-6-3/h7-10,16,19H,4-6,11-14H2,1-3H3. The molecular weight excluding hydrogens is 262 g/mol. The van der Waals surface area contributed by atoms with Crippen LogP contribution in [-0.4, -0.2) is 24.9 Å². The molecule has 1 atom stereocenters. The number of rotatable bonds is 7. The molecule has 1 heterocycles. The van der Waals surface area contributed by atoms with Gasteiger partial charge in [-0.3, -0.25) is 0 Å². The molecule has 0 saturated carbocycles. The first-order chi connectivity index (χ1) is 10.2. The molecule has 1 unspecified atom stereocenters. The first-order valence-corrected chi connectivity index (χ1v) is 8.30. The van der Waals surface area contributed by atoms with E-state index in [0.29, 0.717) is 6.04 Å². The van der Waals surface area contributed by atoms with Crippen LogP contribution in [0, 0.1) is 0 Å². The van der Waals surface area contributed by atoms with E-state index in [9.17, 15) is 0 Å². The quantitative estimate of drug-likeness (QED) is 0.826. The Labute approximate surface area is 129 Å². The smallest absolute Gasteiger partial charge is 0.119 e. The van der Waals surface area contributed by atoms with Gasteiger partial charge in [0.25, 0.3) is 0 Å². The van der Waals surface area contributed by atoms with Gasteiger partial charge in [0.15, 0.2) is 0 Å². The Hall–Kier alpha value is -1.06. The molecule has 0 amide bonds. The van der Waals surface area contributed by atoms with Crippen LogP contribution in [0.5, 0.6) is 5.75 Å². The fraction of sp³-hybridized carbons (Fsp3) is 0.667. The van der Waals surface area contributed by atoms with Gasteiger partial charge in [0.05, 0.1) is 12.2 Å². The van der Waals surface area contributed by atoms with Crippen molar-refractivity contribution in [3.63, 3.8) is 0 Å². The third-order valence-electron chi connectivity index (χ3n) is 4.61. The lowest BCUT2D eigenvalue weighted by molar-refractivity contribution is -0.0932. The van der Waals surface area contributed by atoms with Gasteiger partial charge >= 0.3 is 0 Å². The molecule has 118 valence electrons. The Morgan fingerprint density at radius 2 is 1.90 bits per heavy atom. The van der Waals surface area contributed by atoms with Crippen LogP contribution < -0.4 is 10.1 Å². The number of ether oxygens (including phenoxy) is 2. The van der Waals surface area contributed by atoms with Crippen molar-refractivity contribution < 1.29 is 9.47 Å². The highest BCUT2D eigenvalue weighted by Crippen LogP contribution is 2.31. The van der Waals surface area contributed by atoms with Crippen LogP contribution in [0.3, 0.4) is 0 Å². The second kappa shape index (κ2) is 7.81. The molecule has 1 aliphatic heterocycles. The van der Waals surface area contributed by atoms with Crippen LogP contribution in [0.1, 0.15) is 52.0 Å². The lowest BCUT2D eigenvalue weighted by atomic mass is 9.86. The molecule has 1 fully saturated rings. The number of nitrogens with one attached hydrogen (secondary N) is 1. The van der Waals surface area contributed by atoms with Crippen LogP contribution in [0.4, 0.5) is 0 Å². The van der Waals surface area contributed by atoms with E-state index >= 15 is 0 Å². The van der Waals surface area contributed by atoms with Gasteiger partial charge < -0.3 is 14.8 Å². The minimum Gasteiger partial charge on any atom is -0.494 e. The predicted octanol–water partition coefficient (Wildman–Crippen LogP) is 3.91. The second-order valence-electron chi connectivity index (χ2n) is 5.89. The summed E-state index contributed by atoms with van der Waals surface area (Å²) in [5.74, 6) is 0.947. The summed E-state index contributed by atoms with van der Waals surface area (Å²) < 4.78 is 11.5. The molecule has 0 aromatic heterocycles. The van der Waals surface area contributed by atoms with Crippen molar-refractivity contribution in [2.75, 3.05) is 13.2 Å². The van der Waals surface area contributed by atoms with E-state index < -0.39 is 0 Å². The van der Waals surface area contributed by atoms with Gasteiger partial charge in [-0.25, -0.2) is 0 Å². The molecular formula is C18H29NO2. The monoisotopic (exact) mass is 291 g/mol. The van der Waals surface area contributed by atoms with E-state index in [1.807, 2.05) is 19.1 Å². The van der Waals surface area contributed by atoms with Gasteiger partial charge in [-0.1, -0.05) is 26.0 Å². The minimum atomic E-state index is 0.0920. The summed E-state index contributed by atoms with van der Waals surface area (Å²) >= 11 is 0. The van der Waals surface area contributed by atoms with E-state index in [2.05, 4.69) is 31.3 Å². The van der Waals surface area contributed by atoms with Crippen LogP contribution in [0.25, 0.3) is 0 Å². The highest BCUT2D eigenvalue weighted by atomic mass is 16.5. The van der Waals surface area contributed by atoms with Gasteiger partial charge in [0.2, 0.25) is 0 Å². The third-order valence-corrected chi connectivity index (χ3v) is 4.61. The average molecular weight is 291 g/mol. The van der Waals surface area contributed by atoms with Gasteiger partial charge in [-0.15, -0.1) is 0 Å². The maximum absolute atomic E-state index is 6.03. The van der Waals surface area contributed by atoms with Crippen molar-refractivity contribution in [1.82, 2.24) is 5.32 Å². The Bertz CT molecular complexity index is 412. The van der Waals surface area contributed by atoms with Crippen molar-refractivity contribution in [2.45, 2.75) is 64.6 Å². The van der Waals surface area contributed by atoms with E-state index in [4.69, 9.17) is 9.47 Å². The van der Waals surface area contributed by atoms with Crippen molar-refractivity contribution in [1.29, 1.82) is 0 Å². The van der Waals surface area contributed by atoms with Crippen LogP contribution in [-0.2, 0) is 11.3 Å². The summed E-state index contributed by atoms with van der Waals surface area (Å²) in [6.45, 7) is 8.99. The molecule has 0 radical (unpaired) electrons. The lowest BCUT2D eigenvalue weighted by Crippen LogP contribution is -2.46. The van der Waals surface area contributed by atoms with Crippen molar-refractivity contribution in [2.24, 2.45) is 0 Å². The highest BCUT2D eigenvalue weighted by molar-refractivity contribution is 5.27. The molecule has 0 bridgehead atoms.